The van der Waals surface area contributed by atoms with Crippen LogP contribution < -0.4 is 5.32 Å². The zero-order valence-electron chi connectivity index (χ0n) is 16.5. The molecule has 2 aromatic rings. The number of thiophene rings is 1. The van der Waals surface area contributed by atoms with Gasteiger partial charge < -0.3 is 15.1 Å². The van der Waals surface area contributed by atoms with Crippen molar-refractivity contribution < 1.29 is 0 Å². The monoisotopic (exact) mass is 498 g/mol. The Morgan fingerprint density at radius 1 is 1.26 bits per heavy atom. The maximum Gasteiger partial charge on any atom is 0.193 e. The van der Waals surface area contributed by atoms with Crippen molar-refractivity contribution in [1.29, 1.82) is 0 Å². The van der Waals surface area contributed by atoms with Crippen LogP contribution in [-0.2, 0) is 6.42 Å². The third kappa shape index (κ3) is 6.19. The number of hydrogen-bond donors (Lipinski definition) is 1. The second-order valence-electron chi connectivity index (χ2n) is 7.21. The van der Waals surface area contributed by atoms with Crippen molar-refractivity contribution in [3.63, 3.8) is 0 Å². The summed E-state index contributed by atoms with van der Waals surface area (Å²) in [6, 6.07) is 15.5. The Labute approximate surface area is 184 Å². The number of benzene rings is 1. The van der Waals surface area contributed by atoms with Gasteiger partial charge in [0, 0.05) is 31.6 Å². The maximum absolute atomic E-state index is 4.54. The molecule has 4 nitrogen and oxygen atoms in total. The lowest BCUT2D eigenvalue weighted by molar-refractivity contribution is 0.299. The van der Waals surface area contributed by atoms with Gasteiger partial charge in [-0.05, 0) is 49.9 Å². The lowest BCUT2D eigenvalue weighted by Gasteiger charge is -2.27. The topological polar surface area (TPSA) is 30.9 Å². The Morgan fingerprint density at radius 2 is 2.04 bits per heavy atom. The fourth-order valence-electron chi connectivity index (χ4n) is 3.68. The summed E-state index contributed by atoms with van der Waals surface area (Å²) in [7, 11) is 6.17. The van der Waals surface area contributed by atoms with Gasteiger partial charge in [0.1, 0.15) is 0 Å². The highest BCUT2D eigenvalue weighted by atomic mass is 127. The highest BCUT2D eigenvalue weighted by Gasteiger charge is 2.25. The zero-order valence-corrected chi connectivity index (χ0v) is 19.6. The average molecular weight is 498 g/mol. The molecule has 0 spiro atoms. The summed E-state index contributed by atoms with van der Waals surface area (Å²) in [5, 5.41) is 5.75. The molecule has 2 heterocycles. The molecule has 1 fully saturated rings. The standard InChI is InChI=1S/C21H30N4S.HI/c1-22-21(23-15-19(24(2)3)20-10-7-13-26-20)25-12-11-18(16-25)14-17-8-5-4-6-9-17;/h4-10,13,18-19H,11-12,14-16H2,1-3H3,(H,22,23);1H. The number of likely N-dealkylation sites (N-methyl/N-ethyl adjacent to an activating group) is 1. The van der Waals surface area contributed by atoms with Gasteiger partial charge in [0.2, 0.25) is 0 Å². The van der Waals surface area contributed by atoms with Gasteiger partial charge >= 0.3 is 0 Å². The third-order valence-corrected chi connectivity index (χ3v) is 6.09. The van der Waals surface area contributed by atoms with Crippen LogP contribution in [0.25, 0.3) is 0 Å². The minimum absolute atomic E-state index is 0. The summed E-state index contributed by atoms with van der Waals surface area (Å²) in [6.07, 6.45) is 2.39. The van der Waals surface area contributed by atoms with Gasteiger partial charge in [-0.2, -0.15) is 0 Å². The Kier molecular flexibility index (Phi) is 9.05. The minimum atomic E-state index is 0. The van der Waals surface area contributed by atoms with Crippen LogP contribution in [0.2, 0.25) is 0 Å². The molecule has 0 radical (unpaired) electrons. The van der Waals surface area contributed by atoms with Gasteiger partial charge in [-0.15, -0.1) is 35.3 Å². The van der Waals surface area contributed by atoms with E-state index in [-0.39, 0.29) is 24.0 Å². The van der Waals surface area contributed by atoms with Crippen LogP contribution in [0.1, 0.15) is 22.9 Å². The Hall–Kier alpha value is -1.12. The molecule has 1 aromatic carbocycles. The van der Waals surface area contributed by atoms with Gasteiger partial charge in [0.25, 0.3) is 0 Å². The number of rotatable bonds is 6. The molecule has 1 N–H and O–H groups in total. The highest BCUT2D eigenvalue weighted by Crippen LogP contribution is 2.23. The van der Waals surface area contributed by atoms with Crippen molar-refractivity contribution in [2.45, 2.75) is 18.9 Å². The van der Waals surface area contributed by atoms with Gasteiger partial charge in [0.05, 0.1) is 6.04 Å². The molecule has 1 aliphatic rings. The first-order valence-electron chi connectivity index (χ1n) is 9.36. The van der Waals surface area contributed by atoms with Crippen molar-refractivity contribution in [3.8, 4) is 0 Å². The van der Waals surface area contributed by atoms with E-state index in [4.69, 9.17) is 0 Å². The van der Waals surface area contributed by atoms with E-state index in [0.29, 0.717) is 12.0 Å². The normalized spacial score (nSPS) is 18.4. The lowest BCUT2D eigenvalue weighted by Crippen LogP contribution is -2.43. The molecule has 27 heavy (non-hydrogen) atoms. The van der Waals surface area contributed by atoms with E-state index in [9.17, 15) is 0 Å². The van der Waals surface area contributed by atoms with Crippen molar-refractivity contribution >= 4 is 41.3 Å². The van der Waals surface area contributed by atoms with Gasteiger partial charge in [-0.1, -0.05) is 36.4 Å². The number of nitrogens with one attached hydrogen (secondary N) is 1. The summed E-state index contributed by atoms with van der Waals surface area (Å²) in [4.78, 5) is 10.6. The first-order chi connectivity index (χ1) is 12.7. The molecule has 1 aromatic heterocycles. The van der Waals surface area contributed by atoms with E-state index in [2.05, 4.69) is 82.0 Å². The summed E-state index contributed by atoms with van der Waals surface area (Å²) in [6.45, 7) is 3.04. The second-order valence-corrected chi connectivity index (χ2v) is 8.19. The maximum atomic E-state index is 4.54. The van der Waals surface area contributed by atoms with Gasteiger partial charge in [-0.3, -0.25) is 4.99 Å². The van der Waals surface area contributed by atoms with Crippen LogP contribution in [0.4, 0.5) is 0 Å². The lowest BCUT2D eigenvalue weighted by atomic mass is 9.99. The number of aliphatic imine (C=N–C) groups is 1. The SMILES string of the molecule is CN=C(NCC(c1cccs1)N(C)C)N1CCC(Cc2ccccc2)C1.I. The van der Waals surface area contributed by atoms with Crippen LogP contribution >= 0.6 is 35.3 Å². The summed E-state index contributed by atoms with van der Waals surface area (Å²) >= 11 is 1.82. The van der Waals surface area contributed by atoms with Crippen LogP contribution in [0.15, 0.2) is 52.8 Å². The van der Waals surface area contributed by atoms with Crippen LogP contribution in [0, 0.1) is 5.92 Å². The van der Waals surface area contributed by atoms with E-state index in [1.807, 2.05) is 18.4 Å². The third-order valence-electron chi connectivity index (χ3n) is 5.11. The Bertz CT molecular complexity index is 687. The first kappa shape index (κ1) is 22.2. The molecule has 0 saturated carbocycles. The average Bonchev–Trinajstić information content (AvgIpc) is 3.32. The molecule has 0 aliphatic carbocycles. The first-order valence-corrected chi connectivity index (χ1v) is 10.2. The number of halogens is 1. The van der Waals surface area contributed by atoms with E-state index < -0.39 is 0 Å². The Balaban J connectivity index is 0.00000261. The summed E-state index contributed by atoms with van der Waals surface area (Å²) < 4.78 is 0. The quantitative estimate of drug-likeness (QED) is 0.370. The fraction of sp³-hybridized carbons (Fsp3) is 0.476. The molecule has 0 amide bonds. The smallest absolute Gasteiger partial charge is 0.193 e. The van der Waals surface area contributed by atoms with E-state index >= 15 is 0 Å². The predicted molar refractivity (Wildman–Crippen MR) is 127 cm³/mol. The predicted octanol–water partition coefficient (Wildman–Crippen LogP) is 4.11. The summed E-state index contributed by atoms with van der Waals surface area (Å²) in [5.41, 5.74) is 1.44. The molecule has 6 heteroatoms. The van der Waals surface area contributed by atoms with Crippen molar-refractivity contribution in [3.05, 3.63) is 58.3 Å². The molecule has 2 atom stereocenters. The van der Waals surface area contributed by atoms with E-state index in [0.717, 1.165) is 32.0 Å². The highest BCUT2D eigenvalue weighted by molar-refractivity contribution is 14.0. The molecule has 148 valence electrons. The molecule has 1 saturated heterocycles. The van der Waals surface area contributed by atoms with Gasteiger partial charge in [0.15, 0.2) is 5.96 Å². The second kappa shape index (κ2) is 11.0. The van der Waals surface area contributed by atoms with Crippen LogP contribution in [0.3, 0.4) is 0 Å². The van der Waals surface area contributed by atoms with Crippen molar-refractivity contribution in [1.82, 2.24) is 15.1 Å². The summed E-state index contributed by atoms with van der Waals surface area (Å²) in [5.74, 6) is 1.74. The molecule has 2 unspecified atom stereocenters. The van der Waals surface area contributed by atoms with Crippen LogP contribution in [0.5, 0.6) is 0 Å². The Morgan fingerprint density at radius 3 is 2.67 bits per heavy atom. The minimum Gasteiger partial charge on any atom is -0.354 e. The fourth-order valence-corrected chi connectivity index (χ4v) is 4.60. The number of nitrogens with zero attached hydrogens (tertiary/aromatic N) is 3. The van der Waals surface area contributed by atoms with Crippen molar-refractivity contribution in [2.24, 2.45) is 10.9 Å². The molecular formula is C21H31IN4S. The molecule has 3 rings (SSSR count). The van der Waals surface area contributed by atoms with Gasteiger partial charge in [-0.25, -0.2) is 0 Å². The number of likely N-dealkylation sites (tertiary alicyclic amines) is 1. The zero-order chi connectivity index (χ0) is 18.4. The number of hydrogen-bond acceptors (Lipinski definition) is 3. The van der Waals surface area contributed by atoms with E-state index in [1.165, 1.54) is 16.9 Å². The van der Waals surface area contributed by atoms with E-state index in [1.54, 1.807) is 0 Å². The molecular weight excluding hydrogens is 467 g/mol. The largest absolute Gasteiger partial charge is 0.354 e. The van der Waals surface area contributed by atoms with Crippen LogP contribution in [-0.4, -0.2) is 56.5 Å². The molecule has 0 bridgehead atoms. The van der Waals surface area contributed by atoms with Crippen molar-refractivity contribution in [2.75, 3.05) is 40.8 Å². The molecule has 1 aliphatic heterocycles. The number of guanidine groups is 1.